The Balaban J connectivity index is 0.000000195. The van der Waals surface area contributed by atoms with Gasteiger partial charge < -0.3 is 53.5 Å². The number of carbonyl (C=O) groups is 6. The van der Waals surface area contributed by atoms with Gasteiger partial charge in [0.1, 0.15) is 64.3 Å². The lowest BCUT2D eigenvalue weighted by Crippen LogP contribution is -2.57. The first kappa shape index (κ1) is 108. The third-order valence-corrected chi connectivity index (χ3v) is 27.0. The number of hydrogen-bond acceptors (Lipinski definition) is 21. The number of halogens is 8. The molecule has 145 heavy (non-hydrogen) atoms. The van der Waals surface area contributed by atoms with Gasteiger partial charge in [-0.25, -0.2) is 28.7 Å². The number of anilines is 2. The van der Waals surface area contributed by atoms with Crippen LogP contribution in [0.25, 0.3) is 22.5 Å². The number of aliphatic carboxylic acids is 1. The molecule has 2 N–H and O–H groups in total. The van der Waals surface area contributed by atoms with E-state index >= 15 is 8.78 Å². The second-order valence-corrected chi connectivity index (χ2v) is 39.4. The van der Waals surface area contributed by atoms with Crippen molar-refractivity contribution in [2.24, 2.45) is 21.8 Å². The van der Waals surface area contributed by atoms with E-state index < -0.39 is 24.0 Å². The zero-order valence-electron chi connectivity index (χ0n) is 82.1. The number of methoxy groups -OCH3 is 4. The van der Waals surface area contributed by atoms with Gasteiger partial charge >= 0.3 is 5.97 Å². The lowest BCUT2D eigenvalue weighted by Gasteiger charge is -2.49. The molecule has 2 aromatic heterocycles. The number of aliphatic imine (C=N–C) groups is 2. The Morgan fingerprint density at radius 3 is 1.26 bits per heavy atom. The van der Waals surface area contributed by atoms with Crippen LogP contribution >= 0.6 is 69.6 Å². The highest BCUT2D eigenvalue weighted by molar-refractivity contribution is 6.33. The predicted octanol–water partition coefficient (Wildman–Crippen LogP) is 24.7. The quantitative estimate of drug-likeness (QED) is 0.0205. The highest BCUT2D eigenvalue weighted by Gasteiger charge is 2.40. The second kappa shape index (κ2) is 52.1. The minimum atomic E-state index is -1.14. The number of ether oxygens (including phenoxy) is 6. The molecule has 4 aliphatic heterocycles. The van der Waals surface area contributed by atoms with E-state index in [1.54, 1.807) is 79.1 Å². The number of benzene rings is 10. The largest absolute Gasteiger partial charge is 0.496 e. The topological polar surface area (TPSA) is 276 Å². The normalized spacial score (nSPS) is 15.2. The molecule has 0 spiro atoms. The Morgan fingerprint density at radius 2 is 0.834 bits per heavy atom. The molecule has 0 saturated carbocycles. The molecule has 0 bridgehead atoms. The van der Waals surface area contributed by atoms with Crippen molar-refractivity contribution in [3.63, 3.8) is 0 Å². The number of carboxylic acids is 1. The van der Waals surface area contributed by atoms with Gasteiger partial charge in [0, 0.05) is 191 Å². The number of Topliss-reactive ketones (excluding diaryl/α,β-unsaturated/α-hetero) is 4. The summed E-state index contributed by atoms with van der Waals surface area (Å²) in [6.45, 7) is 13.5. The lowest BCUT2D eigenvalue weighted by molar-refractivity contribution is -0.140. The van der Waals surface area contributed by atoms with Crippen molar-refractivity contribution in [2.75, 3.05) is 90.8 Å². The zero-order valence-corrected chi connectivity index (χ0v) is 86.6. The molecule has 6 heterocycles. The van der Waals surface area contributed by atoms with Crippen LogP contribution in [0.2, 0.25) is 30.1 Å². The van der Waals surface area contributed by atoms with Crippen LogP contribution in [0.1, 0.15) is 205 Å². The van der Waals surface area contributed by atoms with Crippen LogP contribution in [0.4, 0.5) is 20.2 Å². The van der Waals surface area contributed by atoms with E-state index in [1.807, 2.05) is 108 Å². The van der Waals surface area contributed by atoms with E-state index in [-0.39, 0.29) is 97.4 Å². The number of rotatable bonds is 40. The molecule has 1 amide bonds. The third kappa shape index (κ3) is 28.7. The molecule has 16 rings (SSSR count). The Hall–Kier alpha value is -12.4. The molecule has 2 fully saturated rings. The fourth-order valence-corrected chi connectivity index (χ4v) is 19.6. The summed E-state index contributed by atoms with van der Waals surface area (Å²) in [6, 6.07) is 63.4. The first-order valence-corrected chi connectivity index (χ1v) is 50.7. The first-order chi connectivity index (χ1) is 70.0. The maximum absolute atomic E-state index is 15.4. The van der Waals surface area contributed by atoms with Gasteiger partial charge in [0.25, 0.3) is 0 Å². The maximum Gasteiger partial charge on any atom is 0.310 e. The van der Waals surface area contributed by atoms with Gasteiger partial charge in [-0.15, -0.1) is 0 Å². The number of carbonyl (C=O) groups excluding carboxylic acids is 5. The molecular formula is C114H116Cl6F2N10O13. The summed E-state index contributed by atoms with van der Waals surface area (Å²) < 4.78 is 64.2. The number of amides is 1. The van der Waals surface area contributed by atoms with Crippen LogP contribution in [-0.2, 0) is 54.6 Å². The molecule has 23 nitrogen and oxygen atoms in total. The van der Waals surface area contributed by atoms with Gasteiger partial charge in [-0.2, -0.15) is 0 Å². The van der Waals surface area contributed by atoms with Crippen molar-refractivity contribution in [3.05, 3.63) is 339 Å². The van der Waals surface area contributed by atoms with Crippen LogP contribution in [0.15, 0.2) is 229 Å². The van der Waals surface area contributed by atoms with Gasteiger partial charge in [-0.1, -0.05) is 158 Å². The summed E-state index contributed by atoms with van der Waals surface area (Å²) in [4.78, 5) is 111. The highest BCUT2D eigenvalue weighted by Crippen LogP contribution is 2.43. The molecule has 4 aliphatic rings. The van der Waals surface area contributed by atoms with E-state index in [0.717, 1.165) is 80.6 Å². The van der Waals surface area contributed by atoms with Crippen LogP contribution in [0.5, 0.6) is 23.0 Å². The Morgan fingerprint density at radius 1 is 0.434 bits per heavy atom. The molecule has 12 aromatic rings. The summed E-state index contributed by atoms with van der Waals surface area (Å²) in [5, 5.41) is 16.0. The van der Waals surface area contributed by atoms with Crippen LogP contribution in [-0.4, -0.2) is 170 Å². The Labute approximate surface area is 874 Å². The van der Waals surface area contributed by atoms with E-state index in [0.29, 0.717) is 202 Å². The molecular weight excluding hydrogens is 1970 g/mol. The van der Waals surface area contributed by atoms with Crippen LogP contribution < -0.4 is 34.1 Å². The average Bonchev–Trinajstić information content (AvgIpc) is 1.71. The summed E-state index contributed by atoms with van der Waals surface area (Å²) in [6.07, 6.45) is 8.25. The first-order valence-electron chi connectivity index (χ1n) is 48.5. The monoisotopic (exact) mass is 2080 g/mol. The van der Waals surface area contributed by atoms with Gasteiger partial charge in [0.2, 0.25) is 5.91 Å². The SMILES string of the molecule is CC(C)C[C@H]1CNC[C@@H](c2ccc(Cl)cc2)N1c1ccc(Cl)cc1.COc1cc(Cc2ncc3c(n2)-c2ccc(Cl)cc2C(c2c(F)cccc2OC)=NC3)ccc1C(=O)CCCOCCCC(=O)CC(=O)N1C[C@H](CC(C)C)N(c2ccc(Cl)cc2)[C@H](c2ccc(Cl)cc2)C1.COc1cc(Cc2ncc3c(n2)-c2ccc(Cl)cc2C(c2c(F)cccc2OC)=NC3)ccc1C(=O)CCCOCCCC(=O)CC(=O)O. The summed E-state index contributed by atoms with van der Waals surface area (Å²) in [5.41, 5.74) is 14.1. The van der Waals surface area contributed by atoms with Gasteiger partial charge in [0.15, 0.2) is 11.6 Å². The fraction of sp³-hybridized carbons (Fsp3) is 0.333. The van der Waals surface area contributed by atoms with Crippen molar-refractivity contribution in [2.45, 2.75) is 155 Å². The Kier molecular flexibility index (Phi) is 38.9. The molecule has 0 radical (unpaired) electrons. The van der Waals surface area contributed by atoms with Crippen LogP contribution in [0.3, 0.4) is 0 Å². The molecule has 0 unspecified atom stereocenters. The number of fused-ring (bicyclic) bond motifs is 6. The number of piperazine rings is 2. The smallest absolute Gasteiger partial charge is 0.310 e. The molecule has 10 aromatic carbocycles. The number of nitrogens with zero attached hydrogens (tertiary/aromatic N) is 9. The summed E-state index contributed by atoms with van der Waals surface area (Å²) in [7, 11) is 6.01. The Bertz CT molecular complexity index is 6660. The summed E-state index contributed by atoms with van der Waals surface area (Å²) >= 11 is 37.6. The highest BCUT2D eigenvalue weighted by atomic mass is 35.5. The van der Waals surface area contributed by atoms with Gasteiger partial charge in [-0.3, -0.25) is 38.8 Å². The van der Waals surface area contributed by atoms with E-state index in [4.69, 9.17) is 123 Å². The van der Waals surface area contributed by atoms with Crippen molar-refractivity contribution in [3.8, 4) is 45.5 Å². The van der Waals surface area contributed by atoms with Gasteiger partial charge in [-0.05, 0) is 218 Å². The molecule has 756 valence electrons. The van der Waals surface area contributed by atoms with E-state index in [9.17, 15) is 28.8 Å². The van der Waals surface area contributed by atoms with Crippen molar-refractivity contribution >= 4 is 127 Å². The van der Waals surface area contributed by atoms with Gasteiger partial charge in [0.05, 0.1) is 105 Å². The minimum absolute atomic E-state index is 0.0149. The number of carboxylic acid groups (broad SMARTS) is 1. The number of aromatic nitrogens is 4. The minimum Gasteiger partial charge on any atom is -0.496 e. The lowest BCUT2D eigenvalue weighted by atomic mass is 9.92. The van der Waals surface area contributed by atoms with E-state index in [2.05, 4.69) is 77.0 Å². The van der Waals surface area contributed by atoms with Crippen LogP contribution in [0, 0.1) is 23.5 Å². The predicted molar refractivity (Wildman–Crippen MR) is 567 cm³/mol. The molecule has 0 aliphatic carbocycles. The number of ketones is 4. The molecule has 31 heteroatoms. The molecule has 4 atom stereocenters. The summed E-state index contributed by atoms with van der Waals surface area (Å²) in [5.74, 6) is 0.784. The standard InChI is InChI=1S/C57H57Cl3FN5O6.C37H35ClFN3O7.C20H24Cl2N2/c1-35(2)26-43-33-65(34-49(37-13-15-39(58)16-14-37)66(43)42-20-17-40(59)18-21-42)54(69)30-44(67)8-6-24-72-25-7-10-50(68)46-22-12-36(27-52(46)71-4)28-53-62-31-38-32-63-57(55-48(61)9-5-11-51(55)70-3)47-29-41(60)19-23-45(47)56(38)64-53;1-47-31-9-3-7-29(39)35(31)37-28-18-24(38)11-13-26(28)36-23(21-41-37)20-40-33(42-36)17-22-10-12-27(32(16-22)48-2)30(44)8-5-15-49-14-4-6-25(43)19-34(45)46;1-14(2)11-19-12-23-13-20(15-3-5-16(21)6-4-15)24(19)18-9-7-17(22)8-10-18/h5,9,11-23,27,29,31,35,43,49H,6-8,10,24-26,28,30,32-34H2,1-4H3;3,7,9-13,16,18,20H,4-6,8,14-15,17,19,21H2,1-2H3,(H,45,46);3-10,14,19-20,23H,11-13H2,1-2H3/t43-,49-;;19-,20-/m0.0/s1. The number of nitrogens with one attached hydrogen (secondary N) is 1. The fourth-order valence-electron chi connectivity index (χ4n) is 18.8. The third-order valence-electron chi connectivity index (χ3n) is 25.5. The number of hydrogen-bond donors (Lipinski definition) is 2. The maximum atomic E-state index is 15.4. The molecule has 2 saturated heterocycles. The second-order valence-electron chi connectivity index (χ2n) is 36.8. The van der Waals surface area contributed by atoms with E-state index in [1.165, 1.54) is 51.8 Å². The van der Waals surface area contributed by atoms with Crippen molar-refractivity contribution < 1.29 is 71.1 Å². The zero-order chi connectivity index (χ0) is 103. The van der Waals surface area contributed by atoms with Crippen molar-refractivity contribution in [1.29, 1.82) is 0 Å². The van der Waals surface area contributed by atoms with Crippen molar-refractivity contribution in [1.82, 2.24) is 30.2 Å². The average molecular weight is 2080 g/mol.